The number of aromatic nitrogens is 2. The lowest BCUT2D eigenvalue weighted by molar-refractivity contribution is -0.125. The molecule has 2 N–H and O–H groups in total. The Hall–Kier alpha value is -3.41. The number of benzene rings is 2. The van der Waals surface area contributed by atoms with Crippen molar-refractivity contribution in [2.24, 2.45) is 5.92 Å². The van der Waals surface area contributed by atoms with E-state index in [0.29, 0.717) is 12.4 Å². The van der Waals surface area contributed by atoms with E-state index < -0.39 is 5.92 Å². The van der Waals surface area contributed by atoms with Crippen LogP contribution in [0.5, 0.6) is 0 Å². The predicted molar refractivity (Wildman–Crippen MR) is 99.5 cm³/mol. The Morgan fingerprint density at radius 2 is 1.81 bits per heavy atom. The number of para-hydroxylation sites is 1. The molecule has 1 aliphatic rings. The van der Waals surface area contributed by atoms with Crippen molar-refractivity contribution in [1.29, 1.82) is 0 Å². The first-order valence-corrected chi connectivity index (χ1v) is 8.48. The molecule has 1 unspecified atom stereocenters. The number of nitrogens with one attached hydrogen (secondary N) is 2. The van der Waals surface area contributed by atoms with E-state index in [1.54, 1.807) is 10.9 Å². The summed E-state index contributed by atoms with van der Waals surface area (Å²) in [6.07, 6.45) is 1.86. The molecule has 130 valence electrons. The maximum atomic E-state index is 12.5. The smallest absolute Gasteiger partial charge is 0.231 e. The molecule has 0 saturated heterocycles. The van der Waals surface area contributed by atoms with Crippen LogP contribution in [0, 0.1) is 5.92 Å². The van der Waals surface area contributed by atoms with Crippen molar-refractivity contribution in [3.8, 4) is 11.1 Å². The molecule has 1 aliphatic heterocycles. The Balaban J connectivity index is 1.48. The molecule has 3 aromatic rings. The molecule has 2 amide bonds. The van der Waals surface area contributed by atoms with Crippen LogP contribution in [-0.4, -0.2) is 21.6 Å². The van der Waals surface area contributed by atoms with Crippen LogP contribution >= 0.6 is 0 Å². The molecule has 0 saturated carbocycles. The van der Waals surface area contributed by atoms with E-state index in [9.17, 15) is 9.59 Å². The zero-order valence-corrected chi connectivity index (χ0v) is 14.1. The van der Waals surface area contributed by atoms with Gasteiger partial charge in [-0.2, -0.15) is 5.10 Å². The first-order chi connectivity index (χ1) is 12.7. The summed E-state index contributed by atoms with van der Waals surface area (Å²) in [6.45, 7) is 0.385. The van der Waals surface area contributed by atoms with E-state index in [1.165, 1.54) is 0 Å². The van der Waals surface area contributed by atoms with Crippen LogP contribution in [0.1, 0.15) is 6.42 Å². The van der Waals surface area contributed by atoms with Crippen LogP contribution in [0.3, 0.4) is 0 Å². The maximum absolute atomic E-state index is 12.5. The van der Waals surface area contributed by atoms with Gasteiger partial charge in [0.25, 0.3) is 0 Å². The molecule has 0 aliphatic carbocycles. The van der Waals surface area contributed by atoms with Crippen LogP contribution < -0.4 is 10.6 Å². The van der Waals surface area contributed by atoms with Gasteiger partial charge in [0.15, 0.2) is 0 Å². The molecule has 0 bridgehead atoms. The summed E-state index contributed by atoms with van der Waals surface area (Å²) in [5.74, 6) is -0.107. The lowest BCUT2D eigenvalue weighted by atomic mass is 10.0. The number of anilines is 2. The van der Waals surface area contributed by atoms with Crippen LogP contribution in [0.4, 0.5) is 11.5 Å². The van der Waals surface area contributed by atoms with Gasteiger partial charge in [0.05, 0.1) is 18.7 Å². The minimum atomic E-state index is -0.449. The number of nitrogens with zero attached hydrogens (tertiary/aromatic N) is 2. The second-order valence-electron chi connectivity index (χ2n) is 6.26. The number of carbonyl (C=O) groups is 2. The minimum Gasteiger partial charge on any atom is -0.326 e. The molecule has 0 spiro atoms. The second-order valence-corrected chi connectivity index (χ2v) is 6.26. The lowest BCUT2D eigenvalue weighted by Gasteiger charge is -2.24. The molecule has 0 radical (unpaired) electrons. The van der Waals surface area contributed by atoms with E-state index in [-0.39, 0.29) is 18.2 Å². The summed E-state index contributed by atoms with van der Waals surface area (Å²) in [7, 11) is 0. The SMILES string of the molecule is O=C(CC1Cn2ncc(-c3ccccc3)c2NC1=O)Nc1ccccc1. The van der Waals surface area contributed by atoms with Crippen molar-refractivity contribution in [2.75, 3.05) is 10.6 Å². The summed E-state index contributed by atoms with van der Waals surface area (Å²) in [6, 6.07) is 19.0. The third-order valence-electron chi connectivity index (χ3n) is 4.42. The summed E-state index contributed by atoms with van der Waals surface area (Å²) in [4.78, 5) is 24.7. The van der Waals surface area contributed by atoms with Crippen LogP contribution in [0.15, 0.2) is 66.9 Å². The fourth-order valence-electron chi connectivity index (χ4n) is 3.11. The third kappa shape index (κ3) is 3.21. The van der Waals surface area contributed by atoms with E-state index in [1.807, 2.05) is 60.7 Å². The van der Waals surface area contributed by atoms with Gasteiger partial charge in [-0.15, -0.1) is 0 Å². The van der Waals surface area contributed by atoms with Crippen molar-refractivity contribution < 1.29 is 9.59 Å². The standard InChI is InChI=1S/C20H18N4O2/c25-18(22-16-9-5-2-6-10-16)11-15-13-24-19(23-20(15)26)17(12-21-24)14-7-3-1-4-8-14/h1-10,12,15H,11,13H2,(H,22,25)(H,23,26). The average molecular weight is 346 g/mol. The van der Waals surface area contributed by atoms with Gasteiger partial charge in [-0.25, -0.2) is 4.68 Å². The highest BCUT2D eigenvalue weighted by Crippen LogP contribution is 2.31. The minimum absolute atomic E-state index is 0.112. The number of rotatable bonds is 4. The van der Waals surface area contributed by atoms with E-state index in [2.05, 4.69) is 15.7 Å². The number of amides is 2. The van der Waals surface area contributed by atoms with Crippen LogP contribution in [0.25, 0.3) is 11.1 Å². The highest BCUT2D eigenvalue weighted by atomic mass is 16.2. The molecule has 6 nitrogen and oxygen atoms in total. The van der Waals surface area contributed by atoms with Gasteiger partial charge in [0.1, 0.15) is 5.82 Å². The lowest BCUT2D eigenvalue weighted by Crippen LogP contribution is -2.36. The summed E-state index contributed by atoms with van der Waals surface area (Å²) >= 11 is 0. The van der Waals surface area contributed by atoms with Crippen molar-refractivity contribution in [3.05, 3.63) is 66.9 Å². The number of hydrogen-bond donors (Lipinski definition) is 2. The molecule has 1 aromatic heterocycles. The van der Waals surface area contributed by atoms with E-state index >= 15 is 0 Å². The Bertz CT molecular complexity index is 935. The summed E-state index contributed by atoms with van der Waals surface area (Å²) in [5.41, 5.74) is 2.60. The van der Waals surface area contributed by atoms with Crippen molar-refractivity contribution in [1.82, 2.24) is 9.78 Å². The quantitative estimate of drug-likeness (QED) is 0.762. The molecule has 1 atom stereocenters. The number of hydrogen-bond acceptors (Lipinski definition) is 3. The molecule has 26 heavy (non-hydrogen) atoms. The molecule has 2 heterocycles. The van der Waals surface area contributed by atoms with Gasteiger partial charge in [0, 0.05) is 17.7 Å². The third-order valence-corrected chi connectivity index (χ3v) is 4.42. The van der Waals surface area contributed by atoms with Gasteiger partial charge in [-0.05, 0) is 17.7 Å². The van der Waals surface area contributed by atoms with Crippen molar-refractivity contribution >= 4 is 23.3 Å². The van der Waals surface area contributed by atoms with Gasteiger partial charge in [0.2, 0.25) is 11.8 Å². The van der Waals surface area contributed by atoms with E-state index in [0.717, 1.165) is 16.8 Å². The zero-order chi connectivity index (χ0) is 17.9. The number of carbonyl (C=O) groups excluding carboxylic acids is 2. The predicted octanol–water partition coefficient (Wildman–Crippen LogP) is 3.15. The van der Waals surface area contributed by atoms with Crippen LogP contribution in [0.2, 0.25) is 0 Å². The molecule has 0 fully saturated rings. The highest BCUT2D eigenvalue weighted by Gasteiger charge is 2.30. The van der Waals surface area contributed by atoms with Crippen molar-refractivity contribution in [3.63, 3.8) is 0 Å². The first-order valence-electron chi connectivity index (χ1n) is 8.48. The van der Waals surface area contributed by atoms with Gasteiger partial charge < -0.3 is 10.6 Å². The molecular weight excluding hydrogens is 328 g/mol. The summed E-state index contributed by atoms with van der Waals surface area (Å²) < 4.78 is 1.75. The Morgan fingerprint density at radius 3 is 2.54 bits per heavy atom. The fraction of sp³-hybridized carbons (Fsp3) is 0.150. The van der Waals surface area contributed by atoms with Gasteiger partial charge >= 0.3 is 0 Å². The molecule has 6 heteroatoms. The molecule has 4 rings (SSSR count). The Labute approximate surface area is 150 Å². The van der Waals surface area contributed by atoms with E-state index in [4.69, 9.17) is 0 Å². The normalized spacial score (nSPS) is 15.8. The Morgan fingerprint density at radius 1 is 1.12 bits per heavy atom. The van der Waals surface area contributed by atoms with Crippen LogP contribution in [-0.2, 0) is 16.1 Å². The first kappa shape index (κ1) is 16.1. The van der Waals surface area contributed by atoms with Gasteiger partial charge in [-0.3, -0.25) is 9.59 Å². The van der Waals surface area contributed by atoms with Crippen molar-refractivity contribution in [2.45, 2.75) is 13.0 Å². The molecule has 2 aromatic carbocycles. The molecular formula is C20H18N4O2. The number of fused-ring (bicyclic) bond motifs is 1. The summed E-state index contributed by atoms with van der Waals surface area (Å²) in [5, 5.41) is 10.1. The second kappa shape index (κ2) is 6.84. The highest BCUT2D eigenvalue weighted by molar-refractivity contribution is 6.00. The maximum Gasteiger partial charge on any atom is 0.231 e. The largest absolute Gasteiger partial charge is 0.326 e. The fourth-order valence-corrected chi connectivity index (χ4v) is 3.11. The van der Waals surface area contributed by atoms with Gasteiger partial charge in [-0.1, -0.05) is 48.5 Å². The monoisotopic (exact) mass is 346 g/mol. The topological polar surface area (TPSA) is 76.0 Å². The zero-order valence-electron chi connectivity index (χ0n) is 14.1. The Kier molecular flexibility index (Phi) is 4.23. The average Bonchev–Trinajstić information content (AvgIpc) is 3.06.